The molecule has 1 fully saturated rings. The summed E-state index contributed by atoms with van der Waals surface area (Å²) < 4.78 is 0. The Bertz CT molecular complexity index is 529. The third-order valence-electron chi connectivity index (χ3n) is 4.49. The highest BCUT2D eigenvalue weighted by molar-refractivity contribution is 7.80. The van der Waals surface area contributed by atoms with Gasteiger partial charge in [-0.25, -0.2) is 0 Å². The number of nitrogens with zero attached hydrogens (tertiary/aromatic N) is 3. The van der Waals surface area contributed by atoms with Crippen LogP contribution in [0.25, 0.3) is 0 Å². The monoisotopic (exact) mass is 306 g/mol. The molecule has 0 unspecified atom stereocenters. The van der Waals surface area contributed by atoms with Crippen molar-refractivity contribution in [3.63, 3.8) is 0 Å². The van der Waals surface area contributed by atoms with E-state index in [1.54, 1.807) is 0 Å². The number of hydrogen-bond donors (Lipinski definition) is 1. The van der Waals surface area contributed by atoms with Gasteiger partial charge in [0.2, 0.25) is 0 Å². The van der Waals surface area contributed by atoms with Gasteiger partial charge in [0.1, 0.15) is 4.99 Å². The van der Waals surface area contributed by atoms with Crippen molar-refractivity contribution in [2.24, 2.45) is 11.1 Å². The van der Waals surface area contributed by atoms with Crippen LogP contribution in [0.1, 0.15) is 57.4 Å². The van der Waals surface area contributed by atoms with Crippen LogP contribution in [0.4, 0.5) is 5.82 Å². The fourth-order valence-corrected chi connectivity index (χ4v) is 3.18. The summed E-state index contributed by atoms with van der Waals surface area (Å²) in [5.74, 6) is 0.882. The van der Waals surface area contributed by atoms with E-state index >= 15 is 0 Å². The van der Waals surface area contributed by atoms with Crippen LogP contribution in [0.5, 0.6) is 0 Å². The van der Waals surface area contributed by atoms with Crippen LogP contribution in [0, 0.1) is 5.41 Å². The van der Waals surface area contributed by atoms with Crippen molar-refractivity contribution in [2.45, 2.75) is 53.4 Å². The average Bonchev–Trinajstić information content (AvgIpc) is 2.45. The molecule has 1 aliphatic heterocycles. The van der Waals surface area contributed by atoms with Gasteiger partial charge in [-0.2, -0.15) is 5.10 Å². The van der Waals surface area contributed by atoms with Crippen molar-refractivity contribution >= 4 is 23.0 Å². The van der Waals surface area contributed by atoms with E-state index in [0.717, 1.165) is 55.8 Å². The van der Waals surface area contributed by atoms with Gasteiger partial charge in [-0.15, -0.1) is 5.10 Å². The third-order valence-corrected chi connectivity index (χ3v) is 4.69. The summed E-state index contributed by atoms with van der Waals surface area (Å²) in [5.41, 5.74) is 9.54. The Hall–Kier alpha value is -1.23. The zero-order chi connectivity index (χ0) is 15.6. The molecular weight excluding hydrogens is 280 g/mol. The van der Waals surface area contributed by atoms with E-state index in [1.807, 2.05) is 0 Å². The maximum absolute atomic E-state index is 6.01. The number of thiocarbonyl (C=S) groups is 1. The molecule has 0 aromatic carbocycles. The van der Waals surface area contributed by atoms with Gasteiger partial charge < -0.3 is 10.6 Å². The summed E-state index contributed by atoms with van der Waals surface area (Å²) in [6, 6.07) is 0. The first-order valence-corrected chi connectivity index (χ1v) is 8.23. The molecule has 21 heavy (non-hydrogen) atoms. The van der Waals surface area contributed by atoms with E-state index in [1.165, 1.54) is 5.56 Å². The normalized spacial score (nSPS) is 17.8. The Kier molecular flexibility index (Phi) is 4.81. The second-order valence-corrected chi connectivity index (χ2v) is 6.99. The molecule has 2 rings (SSSR count). The minimum absolute atomic E-state index is 0.407. The van der Waals surface area contributed by atoms with Crippen molar-refractivity contribution in [2.75, 3.05) is 18.0 Å². The lowest BCUT2D eigenvalue weighted by atomic mass is 9.82. The van der Waals surface area contributed by atoms with Crippen LogP contribution in [0.3, 0.4) is 0 Å². The topological polar surface area (TPSA) is 55.0 Å². The van der Waals surface area contributed by atoms with Gasteiger partial charge in [-0.3, -0.25) is 0 Å². The molecule has 0 bridgehead atoms. The van der Waals surface area contributed by atoms with Crippen LogP contribution >= 0.6 is 12.2 Å². The molecule has 2 N–H and O–H groups in total. The van der Waals surface area contributed by atoms with Crippen molar-refractivity contribution in [1.82, 2.24) is 10.2 Å². The van der Waals surface area contributed by atoms with E-state index in [9.17, 15) is 0 Å². The fourth-order valence-electron chi connectivity index (χ4n) is 2.97. The summed E-state index contributed by atoms with van der Waals surface area (Å²) in [6.07, 6.45) is 4.06. The van der Waals surface area contributed by atoms with Crippen molar-refractivity contribution in [1.29, 1.82) is 0 Å². The highest BCUT2D eigenvalue weighted by Crippen LogP contribution is 2.33. The van der Waals surface area contributed by atoms with Gasteiger partial charge in [0.15, 0.2) is 5.82 Å². The molecule has 1 aliphatic rings. The summed E-state index contributed by atoms with van der Waals surface area (Å²) in [4.78, 5) is 2.74. The Balaban J connectivity index is 2.42. The Morgan fingerprint density at radius 1 is 1.19 bits per heavy atom. The predicted octanol–water partition coefficient (Wildman–Crippen LogP) is 2.86. The van der Waals surface area contributed by atoms with Gasteiger partial charge in [0, 0.05) is 13.1 Å². The molecule has 0 aliphatic carbocycles. The molecule has 1 aromatic heterocycles. The Morgan fingerprint density at radius 3 is 2.29 bits per heavy atom. The van der Waals surface area contributed by atoms with E-state index in [2.05, 4.69) is 42.8 Å². The van der Waals surface area contributed by atoms with E-state index in [4.69, 9.17) is 18.0 Å². The van der Waals surface area contributed by atoms with Crippen LogP contribution in [-0.4, -0.2) is 28.3 Å². The second kappa shape index (κ2) is 6.26. The summed E-state index contributed by atoms with van der Waals surface area (Å²) in [7, 11) is 0. The minimum Gasteiger partial charge on any atom is -0.389 e. The van der Waals surface area contributed by atoms with E-state index in [-0.39, 0.29) is 0 Å². The van der Waals surface area contributed by atoms with Crippen molar-refractivity contribution < 1.29 is 0 Å². The molecule has 0 atom stereocenters. The highest BCUT2D eigenvalue weighted by Gasteiger charge is 2.29. The zero-order valence-corrected chi connectivity index (χ0v) is 14.4. The van der Waals surface area contributed by atoms with E-state index in [0.29, 0.717) is 10.4 Å². The van der Waals surface area contributed by atoms with Gasteiger partial charge in [0.25, 0.3) is 0 Å². The van der Waals surface area contributed by atoms with Gasteiger partial charge in [0.05, 0.1) is 11.3 Å². The molecule has 1 aromatic rings. The predicted molar refractivity (Wildman–Crippen MR) is 91.9 cm³/mol. The van der Waals surface area contributed by atoms with Gasteiger partial charge in [-0.1, -0.05) is 39.9 Å². The first-order chi connectivity index (χ1) is 9.89. The Morgan fingerprint density at radius 2 is 1.81 bits per heavy atom. The molecule has 1 saturated heterocycles. The molecular formula is C16H26N4S. The van der Waals surface area contributed by atoms with Gasteiger partial charge >= 0.3 is 0 Å². The van der Waals surface area contributed by atoms with Crippen LogP contribution < -0.4 is 10.6 Å². The van der Waals surface area contributed by atoms with Crippen molar-refractivity contribution in [3.05, 3.63) is 16.8 Å². The molecule has 0 radical (unpaired) electrons. The SMILES string of the molecule is CCc1nnc(N2CCC(C)(C)CC2)c(C(N)=S)c1CC. The molecule has 116 valence electrons. The largest absolute Gasteiger partial charge is 0.389 e. The van der Waals surface area contributed by atoms with Crippen molar-refractivity contribution in [3.8, 4) is 0 Å². The minimum atomic E-state index is 0.407. The standard InChI is InChI=1S/C16H26N4S/c1-5-11-12(6-2)18-19-15(13(11)14(17)21)20-9-7-16(3,4)8-10-20/h5-10H2,1-4H3,(H2,17,21). The number of rotatable bonds is 4. The molecule has 0 amide bonds. The zero-order valence-electron chi connectivity index (χ0n) is 13.6. The lowest BCUT2D eigenvalue weighted by Crippen LogP contribution is -2.39. The van der Waals surface area contributed by atoms with Gasteiger partial charge in [-0.05, 0) is 36.7 Å². The maximum Gasteiger partial charge on any atom is 0.161 e. The second-order valence-electron chi connectivity index (χ2n) is 6.55. The average molecular weight is 306 g/mol. The summed E-state index contributed by atoms with van der Waals surface area (Å²) in [6.45, 7) is 10.8. The fraction of sp³-hybridized carbons (Fsp3) is 0.688. The number of aryl methyl sites for hydroxylation is 1. The van der Waals surface area contributed by atoms with Crippen LogP contribution in [0.2, 0.25) is 0 Å². The number of anilines is 1. The smallest absolute Gasteiger partial charge is 0.161 e. The molecule has 5 heteroatoms. The molecule has 4 nitrogen and oxygen atoms in total. The first-order valence-electron chi connectivity index (χ1n) is 7.82. The third kappa shape index (κ3) is 3.34. The Labute approximate surface area is 133 Å². The summed E-state index contributed by atoms with van der Waals surface area (Å²) >= 11 is 5.31. The quantitative estimate of drug-likeness (QED) is 0.867. The number of hydrogen-bond acceptors (Lipinski definition) is 4. The molecule has 0 spiro atoms. The van der Waals surface area contributed by atoms with E-state index < -0.39 is 0 Å². The lowest BCUT2D eigenvalue weighted by Gasteiger charge is -2.38. The molecule has 0 saturated carbocycles. The summed E-state index contributed by atoms with van der Waals surface area (Å²) in [5, 5.41) is 8.87. The number of aromatic nitrogens is 2. The van der Waals surface area contributed by atoms with Crippen LogP contribution in [-0.2, 0) is 12.8 Å². The number of piperidine rings is 1. The number of nitrogens with two attached hydrogens (primary N) is 1. The molecule has 2 heterocycles. The highest BCUT2D eigenvalue weighted by atomic mass is 32.1. The lowest BCUT2D eigenvalue weighted by molar-refractivity contribution is 0.279. The van der Waals surface area contributed by atoms with Crippen LogP contribution in [0.15, 0.2) is 0 Å². The first kappa shape index (κ1) is 16.1. The maximum atomic E-state index is 6.01.